The summed E-state index contributed by atoms with van der Waals surface area (Å²) < 4.78 is 25.0. The molecule has 0 atom stereocenters. The second-order valence-corrected chi connectivity index (χ2v) is 4.52. The highest BCUT2D eigenvalue weighted by molar-refractivity contribution is 7.18. The van der Waals surface area contributed by atoms with Crippen molar-refractivity contribution in [3.05, 3.63) is 20.8 Å². The molecule has 6 heteroatoms. The van der Waals surface area contributed by atoms with Crippen LogP contribution in [0.3, 0.4) is 0 Å². The number of thiophene rings is 1. The number of rotatable bonds is 2. The molecule has 0 bridgehead atoms. The monoisotopic (exact) mass is 244 g/mol. The maximum Gasteiger partial charge on any atom is 0.385 e. The smallest absolute Gasteiger partial charge is 0.285 e. The van der Waals surface area contributed by atoms with Gasteiger partial charge < -0.3 is 0 Å². The molecule has 0 aliphatic heterocycles. The maximum absolute atomic E-state index is 12.3. The van der Waals surface area contributed by atoms with E-state index in [9.17, 15) is 13.6 Å². The van der Waals surface area contributed by atoms with Crippen molar-refractivity contribution in [1.29, 1.82) is 0 Å². The van der Waals surface area contributed by atoms with Crippen LogP contribution in [0.15, 0.2) is 6.07 Å². The molecule has 13 heavy (non-hydrogen) atoms. The molecule has 0 aromatic carbocycles. The van der Waals surface area contributed by atoms with Crippen molar-refractivity contribution in [3.8, 4) is 0 Å². The quantitative estimate of drug-likeness (QED) is 0.573. The molecule has 72 valence electrons. The van der Waals surface area contributed by atoms with Crippen LogP contribution in [0.5, 0.6) is 0 Å². The molecule has 1 heterocycles. The third-order valence-corrected chi connectivity index (χ3v) is 3.06. The molecule has 0 aliphatic rings. The minimum absolute atomic E-state index is 0.123. The Morgan fingerprint density at radius 2 is 2.15 bits per heavy atom. The Morgan fingerprint density at radius 3 is 2.46 bits per heavy atom. The summed E-state index contributed by atoms with van der Waals surface area (Å²) in [5.41, 5.74) is 0.593. The highest BCUT2D eigenvalue weighted by Gasteiger charge is 2.37. The highest BCUT2D eigenvalue weighted by atomic mass is 35.5. The van der Waals surface area contributed by atoms with Gasteiger partial charge in [-0.1, -0.05) is 11.6 Å². The van der Waals surface area contributed by atoms with E-state index in [1.165, 1.54) is 6.07 Å². The molecule has 0 amide bonds. The zero-order valence-electron chi connectivity index (χ0n) is 6.41. The molecule has 0 fully saturated rings. The van der Waals surface area contributed by atoms with Gasteiger partial charge >= 0.3 is 5.38 Å². The normalized spacial score (nSPS) is 11.8. The molecule has 0 radical (unpaired) electrons. The number of carbonyl (C=O) groups is 1. The van der Waals surface area contributed by atoms with E-state index in [1.807, 2.05) is 0 Å². The average Bonchev–Trinajstić information content (AvgIpc) is 2.29. The lowest BCUT2D eigenvalue weighted by atomic mass is 10.3. The number of alkyl halides is 3. The lowest BCUT2D eigenvalue weighted by Gasteiger charge is -2.02. The number of hydrogen-bond acceptors (Lipinski definition) is 2. The SMILES string of the molecule is Cc1cc(C(=O)C(F)(F)Cl)sc1Cl. The fourth-order valence-corrected chi connectivity index (χ4v) is 2.04. The Bertz CT molecular complexity index is 323. The summed E-state index contributed by atoms with van der Waals surface area (Å²) in [5, 5.41) is -3.85. The van der Waals surface area contributed by atoms with Crippen LogP contribution in [0.4, 0.5) is 8.78 Å². The Hall–Kier alpha value is -0.190. The van der Waals surface area contributed by atoms with E-state index in [-0.39, 0.29) is 4.88 Å². The summed E-state index contributed by atoms with van der Waals surface area (Å²) in [7, 11) is 0. The zero-order chi connectivity index (χ0) is 10.2. The van der Waals surface area contributed by atoms with Crippen LogP contribution < -0.4 is 0 Å². The van der Waals surface area contributed by atoms with Crippen LogP contribution in [0.2, 0.25) is 4.34 Å². The van der Waals surface area contributed by atoms with E-state index in [0.717, 1.165) is 11.3 Å². The fourth-order valence-electron chi connectivity index (χ4n) is 0.711. The third kappa shape index (κ3) is 2.39. The van der Waals surface area contributed by atoms with Gasteiger partial charge in [0.15, 0.2) is 0 Å². The van der Waals surface area contributed by atoms with Gasteiger partial charge in [-0.3, -0.25) is 4.79 Å². The van der Waals surface area contributed by atoms with E-state index in [0.29, 0.717) is 9.90 Å². The van der Waals surface area contributed by atoms with Gasteiger partial charge in [-0.05, 0) is 30.2 Å². The molecule has 0 saturated carbocycles. The zero-order valence-corrected chi connectivity index (χ0v) is 8.73. The van der Waals surface area contributed by atoms with Crippen molar-refractivity contribution in [2.75, 3.05) is 0 Å². The topological polar surface area (TPSA) is 17.1 Å². The molecule has 1 rings (SSSR count). The van der Waals surface area contributed by atoms with Crippen LogP contribution in [0.25, 0.3) is 0 Å². The first-order valence-corrected chi connectivity index (χ1v) is 4.77. The number of Topliss-reactive ketones (excluding diaryl/α,β-unsaturated/α-hetero) is 1. The predicted octanol–water partition coefficient (Wildman–Crippen LogP) is 3.72. The lowest BCUT2D eigenvalue weighted by molar-refractivity contribution is 0.0541. The second kappa shape index (κ2) is 3.52. The summed E-state index contributed by atoms with van der Waals surface area (Å²) in [6, 6.07) is 1.30. The van der Waals surface area contributed by atoms with Gasteiger partial charge in [0, 0.05) is 0 Å². The molecule has 1 aromatic heterocycles. The van der Waals surface area contributed by atoms with E-state index >= 15 is 0 Å². The molecule has 0 spiro atoms. The van der Waals surface area contributed by atoms with Gasteiger partial charge in [0.05, 0.1) is 9.21 Å². The van der Waals surface area contributed by atoms with Crippen molar-refractivity contribution < 1.29 is 13.6 Å². The van der Waals surface area contributed by atoms with Crippen molar-refractivity contribution >= 4 is 40.3 Å². The fraction of sp³-hybridized carbons (Fsp3) is 0.286. The molecule has 0 aliphatic carbocycles. The molecule has 1 aromatic rings. The van der Waals surface area contributed by atoms with Gasteiger partial charge in [-0.15, -0.1) is 11.3 Å². The van der Waals surface area contributed by atoms with Crippen molar-refractivity contribution in [3.63, 3.8) is 0 Å². The van der Waals surface area contributed by atoms with Crippen LogP contribution in [-0.2, 0) is 0 Å². The number of halogens is 4. The van der Waals surface area contributed by atoms with E-state index < -0.39 is 11.2 Å². The van der Waals surface area contributed by atoms with Crippen LogP contribution in [-0.4, -0.2) is 11.2 Å². The summed E-state index contributed by atoms with van der Waals surface area (Å²) in [6.07, 6.45) is 0. The Kier molecular flexibility index (Phi) is 2.95. The largest absolute Gasteiger partial charge is 0.385 e. The standard InChI is InChI=1S/C7H4Cl2F2OS/c1-3-2-4(13-6(3)8)5(12)7(9,10)11/h2H,1H3. The molecule has 0 N–H and O–H groups in total. The highest BCUT2D eigenvalue weighted by Crippen LogP contribution is 2.32. The van der Waals surface area contributed by atoms with Crippen molar-refractivity contribution in [2.45, 2.75) is 12.3 Å². The summed E-state index contributed by atoms with van der Waals surface area (Å²) in [5.74, 6) is -1.41. The third-order valence-electron chi connectivity index (χ3n) is 1.34. The van der Waals surface area contributed by atoms with Crippen LogP contribution in [0, 0.1) is 6.92 Å². The number of carbonyl (C=O) groups excluding carboxylic acids is 1. The first-order chi connectivity index (χ1) is 5.82. The minimum atomic E-state index is -3.85. The van der Waals surface area contributed by atoms with E-state index in [4.69, 9.17) is 11.6 Å². The minimum Gasteiger partial charge on any atom is -0.285 e. The Morgan fingerprint density at radius 1 is 1.62 bits per heavy atom. The number of aryl methyl sites for hydroxylation is 1. The number of ketones is 1. The molecular weight excluding hydrogens is 241 g/mol. The van der Waals surface area contributed by atoms with Crippen molar-refractivity contribution in [1.82, 2.24) is 0 Å². The molecular formula is C7H4Cl2F2OS. The molecule has 0 saturated heterocycles. The number of hydrogen-bond donors (Lipinski definition) is 0. The molecule has 1 nitrogen and oxygen atoms in total. The van der Waals surface area contributed by atoms with Gasteiger partial charge in [0.25, 0.3) is 5.78 Å². The summed E-state index contributed by atoms with van der Waals surface area (Å²) in [4.78, 5) is 10.8. The van der Waals surface area contributed by atoms with Gasteiger partial charge in [0.1, 0.15) is 0 Å². The van der Waals surface area contributed by atoms with Crippen molar-refractivity contribution in [2.24, 2.45) is 0 Å². The van der Waals surface area contributed by atoms with E-state index in [2.05, 4.69) is 11.6 Å². The summed E-state index contributed by atoms with van der Waals surface area (Å²) >= 11 is 11.0. The predicted molar refractivity (Wildman–Crippen MR) is 49.2 cm³/mol. The second-order valence-electron chi connectivity index (χ2n) is 2.39. The molecule has 0 unspecified atom stereocenters. The van der Waals surface area contributed by atoms with E-state index in [1.54, 1.807) is 6.92 Å². The first-order valence-electron chi connectivity index (χ1n) is 3.20. The van der Waals surface area contributed by atoms with Crippen LogP contribution >= 0.6 is 34.5 Å². The maximum atomic E-state index is 12.3. The summed E-state index contributed by atoms with van der Waals surface area (Å²) in [6.45, 7) is 1.63. The Labute approximate surface area is 87.3 Å². The van der Waals surface area contributed by atoms with Gasteiger partial charge in [-0.2, -0.15) is 8.78 Å². The average molecular weight is 245 g/mol. The first kappa shape index (κ1) is 10.9. The lowest BCUT2D eigenvalue weighted by Crippen LogP contribution is -2.20. The van der Waals surface area contributed by atoms with Gasteiger partial charge in [0.2, 0.25) is 0 Å². The van der Waals surface area contributed by atoms with Gasteiger partial charge in [-0.25, -0.2) is 0 Å². The van der Waals surface area contributed by atoms with Crippen LogP contribution in [0.1, 0.15) is 15.2 Å². The Balaban J connectivity index is 3.03.